The molecule has 0 saturated heterocycles. The molecule has 0 aromatic carbocycles. The van der Waals surface area contributed by atoms with E-state index in [1.165, 1.54) is 173 Å². The van der Waals surface area contributed by atoms with Gasteiger partial charge in [0.1, 0.15) is 0 Å². The van der Waals surface area contributed by atoms with E-state index in [1.54, 1.807) is 0 Å². The van der Waals surface area contributed by atoms with Gasteiger partial charge in [0.05, 0.1) is 31.3 Å². The zero-order valence-corrected chi connectivity index (χ0v) is 31.2. The number of carbonyl (C=O) groups is 1. The highest BCUT2D eigenvalue weighted by atomic mass is 16.3. The smallest absolute Gasteiger partial charge is 0.222 e. The van der Waals surface area contributed by atoms with Crippen molar-refractivity contribution in [2.24, 2.45) is 0 Å². The van der Waals surface area contributed by atoms with Gasteiger partial charge >= 0.3 is 0 Å². The molecule has 0 aromatic heterocycles. The fraction of sp³-hybridized carbons (Fsp3) is 0.976. The van der Waals surface area contributed by atoms with Gasteiger partial charge in [-0.15, -0.1) is 0 Å². The van der Waals surface area contributed by atoms with Crippen LogP contribution in [0.3, 0.4) is 0 Å². The van der Waals surface area contributed by atoms with Gasteiger partial charge in [-0.3, -0.25) is 4.79 Å². The fourth-order valence-corrected chi connectivity index (χ4v) is 6.70. The van der Waals surface area contributed by atoms with Crippen molar-refractivity contribution in [2.45, 2.75) is 250 Å². The molecule has 0 bridgehead atoms. The molecule has 0 aliphatic rings. The maximum atomic E-state index is 12.3. The summed E-state index contributed by atoms with van der Waals surface area (Å²) in [6, 6.07) is -0.650. The number of aliphatic hydroxyl groups is 3. The molecular weight excluding hydrogens is 570 g/mol. The van der Waals surface area contributed by atoms with Crippen LogP contribution in [0.2, 0.25) is 0 Å². The van der Waals surface area contributed by atoms with Gasteiger partial charge in [0.2, 0.25) is 5.91 Å². The molecule has 0 fully saturated rings. The summed E-state index contributed by atoms with van der Waals surface area (Å²) in [4.78, 5) is 12.3. The minimum absolute atomic E-state index is 0.0402. The van der Waals surface area contributed by atoms with Crippen LogP contribution >= 0.6 is 0 Å². The number of rotatable bonds is 38. The lowest BCUT2D eigenvalue weighted by Crippen LogP contribution is -2.46. The van der Waals surface area contributed by atoms with Gasteiger partial charge in [-0.05, 0) is 12.8 Å². The van der Waals surface area contributed by atoms with Gasteiger partial charge in [-0.1, -0.05) is 213 Å². The molecule has 0 aromatic rings. The predicted octanol–water partition coefficient (Wildman–Crippen LogP) is 11.5. The Morgan fingerprint density at radius 3 is 1.04 bits per heavy atom. The zero-order chi connectivity index (χ0) is 33.8. The highest BCUT2D eigenvalue weighted by molar-refractivity contribution is 5.76. The molecular formula is C41H83NO4. The number of nitrogens with one attached hydrogen (secondary N) is 1. The highest BCUT2D eigenvalue weighted by Gasteiger charge is 2.21. The Morgan fingerprint density at radius 1 is 0.457 bits per heavy atom. The van der Waals surface area contributed by atoms with Crippen molar-refractivity contribution in [1.29, 1.82) is 0 Å². The maximum absolute atomic E-state index is 12.3. The number of unbranched alkanes of at least 4 members (excludes halogenated alkanes) is 29. The molecule has 3 atom stereocenters. The van der Waals surface area contributed by atoms with Crippen LogP contribution in [0, 0.1) is 0 Å². The van der Waals surface area contributed by atoms with Crippen LogP contribution in [0.1, 0.15) is 232 Å². The average Bonchev–Trinajstić information content (AvgIpc) is 3.05. The van der Waals surface area contributed by atoms with Crippen LogP contribution in [0.25, 0.3) is 0 Å². The van der Waals surface area contributed by atoms with E-state index in [2.05, 4.69) is 19.2 Å². The van der Waals surface area contributed by atoms with Gasteiger partial charge in [-0.2, -0.15) is 0 Å². The minimum Gasteiger partial charge on any atom is -0.394 e. The highest BCUT2D eigenvalue weighted by Crippen LogP contribution is 2.17. The molecule has 0 aliphatic heterocycles. The quantitative estimate of drug-likeness (QED) is 0.0499. The van der Waals surface area contributed by atoms with Gasteiger partial charge in [0, 0.05) is 0 Å². The van der Waals surface area contributed by atoms with Crippen LogP contribution in [0.5, 0.6) is 0 Å². The lowest BCUT2D eigenvalue weighted by atomic mass is 10.0. The van der Waals surface area contributed by atoms with E-state index in [4.69, 9.17) is 0 Å². The number of aliphatic hydroxyl groups excluding tert-OH is 3. The molecule has 0 spiro atoms. The minimum atomic E-state index is -0.742. The summed E-state index contributed by atoms with van der Waals surface area (Å²) in [7, 11) is 0. The van der Waals surface area contributed by atoms with Gasteiger partial charge in [0.25, 0.3) is 0 Å². The van der Waals surface area contributed by atoms with Crippen molar-refractivity contribution in [2.75, 3.05) is 6.61 Å². The summed E-state index contributed by atoms with van der Waals surface area (Å²) in [6.07, 6.45) is 40.9. The number of amides is 1. The van der Waals surface area contributed by atoms with E-state index >= 15 is 0 Å². The van der Waals surface area contributed by atoms with Crippen molar-refractivity contribution in [3.63, 3.8) is 0 Å². The van der Waals surface area contributed by atoms with Crippen molar-refractivity contribution in [3.8, 4) is 0 Å². The molecule has 5 nitrogen and oxygen atoms in total. The summed E-state index contributed by atoms with van der Waals surface area (Å²) < 4.78 is 0. The third kappa shape index (κ3) is 33.3. The van der Waals surface area contributed by atoms with E-state index in [0.29, 0.717) is 12.8 Å². The number of hydrogen-bond acceptors (Lipinski definition) is 4. The Hall–Kier alpha value is -0.650. The Morgan fingerprint density at radius 2 is 0.739 bits per heavy atom. The molecule has 1 amide bonds. The Bertz CT molecular complexity index is 601. The van der Waals surface area contributed by atoms with Crippen LogP contribution < -0.4 is 5.32 Å². The van der Waals surface area contributed by atoms with E-state index in [-0.39, 0.29) is 18.9 Å². The maximum Gasteiger partial charge on any atom is 0.222 e. The van der Waals surface area contributed by atoms with Gasteiger partial charge < -0.3 is 20.6 Å². The van der Waals surface area contributed by atoms with Gasteiger partial charge in [0.15, 0.2) is 0 Å². The molecule has 0 aliphatic carbocycles. The van der Waals surface area contributed by atoms with Crippen molar-refractivity contribution in [3.05, 3.63) is 0 Å². The van der Waals surface area contributed by atoms with Crippen LogP contribution in [-0.2, 0) is 4.79 Å². The second-order valence-electron chi connectivity index (χ2n) is 14.6. The first-order chi connectivity index (χ1) is 22.5. The summed E-state index contributed by atoms with van der Waals surface area (Å²) in [5, 5.41) is 33.1. The third-order valence-corrected chi connectivity index (χ3v) is 9.92. The summed E-state index contributed by atoms with van der Waals surface area (Å²) >= 11 is 0. The molecule has 46 heavy (non-hydrogen) atoms. The molecule has 0 saturated carbocycles. The molecule has 5 heteroatoms. The van der Waals surface area contributed by atoms with Crippen LogP contribution in [-0.4, -0.2) is 46.1 Å². The molecule has 3 unspecified atom stereocenters. The first-order valence-electron chi connectivity index (χ1n) is 20.8. The van der Waals surface area contributed by atoms with E-state index in [1.807, 2.05) is 0 Å². The molecule has 0 rings (SSSR count). The van der Waals surface area contributed by atoms with Crippen molar-refractivity contribution in [1.82, 2.24) is 5.32 Å². The lowest BCUT2D eigenvalue weighted by molar-refractivity contribution is -0.125. The zero-order valence-electron chi connectivity index (χ0n) is 31.2. The normalized spacial score (nSPS) is 13.6. The summed E-state index contributed by atoms with van der Waals surface area (Å²) in [5.41, 5.74) is 0. The molecule has 276 valence electrons. The van der Waals surface area contributed by atoms with E-state index in [0.717, 1.165) is 25.7 Å². The topological polar surface area (TPSA) is 89.8 Å². The number of carbonyl (C=O) groups excluding carboxylic acids is 1. The summed E-state index contributed by atoms with van der Waals surface area (Å²) in [6.45, 7) is 4.23. The molecule has 0 radical (unpaired) electrons. The molecule has 4 N–H and O–H groups in total. The SMILES string of the molecule is CCCCCCCCCCCCCCCCCCCCCCCCCCC(O)C(CO)NC(=O)CC(O)CCCCCCCCC. The fourth-order valence-electron chi connectivity index (χ4n) is 6.70. The third-order valence-electron chi connectivity index (χ3n) is 9.92. The second kappa shape index (κ2) is 37.2. The van der Waals surface area contributed by atoms with Crippen LogP contribution in [0.15, 0.2) is 0 Å². The molecule has 0 heterocycles. The summed E-state index contributed by atoms with van der Waals surface area (Å²) in [5.74, 6) is -0.284. The van der Waals surface area contributed by atoms with Crippen molar-refractivity contribution >= 4 is 5.91 Å². The Labute approximate surface area is 287 Å². The van der Waals surface area contributed by atoms with Crippen LogP contribution in [0.4, 0.5) is 0 Å². The first kappa shape index (κ1) is 45.3. The van der Waals surface area contributed by atoms with Gasteiger partial charge in [-0.25, -0.2) is 0 Å². The second-order valence-corrected chi connectivity index (χ2v) is 14.6. The van der Waals surface area contributed by atoms with E-state index < -0.39 is 18.2 Å². The first-order valence-corrected chi connectivity index (χ1v) is 20.8. The standard InChI is InChI=1S/C41H83NO4/c1-3-5-7-9-11-12-13-14-15-16-17-18-19-20-21-22-23-24-25-26-27-29-31-33-35-40(45)39(37-43)42-41(46)36-38(44)34-32-30-28-10-8-6-4-2/h38-40,43-45H,3-37H2,1-2H3,(H,42,46). The van der Waals surface area contributed by atoms with Crippen molar-refractivity contribution < 1.29 is 20.1 Å². The Kier molecular flexibility index (Phi) is 36.6. The average molecular weight is 654 g/mol. The largest absolute Gasteiger partial charge is 0.394 e. The predicted molar refractivity (Wildman–Crippen MR) is 199 cm³/mol. The van der Waals surface area contributed by atoms with E-state index in [9.17, 15) is 20.1 Å². The Balaban J connectivity index is 3.49. The number of hydrogen-bond donors (Lipinski definition) is 4. The monoisotopic (exact) mass is 654 g/mol. The lowest BCUT2D eigenvalue weighted by Gasteiger charge is -2.23.